The summed E-state index contributed by atoms with van der Waals surface area (Å²) in [6.07, 6.45) is 3.40. The highest BCUT2D eigenvalue weighted by Crippen LogP contribution is 2.21. The van der Waals surface area contributed by atoms with Crippen molar-refractivity contribution in [3.63, 3.8) is 0 Å². The van der Waals surface area contributed by atoms with E-state index in [1.165, 1.54) is 10.5 Å². The highest BCUT2D eigenvalue weighted by atomic mass is 16.5. The maximum absolute atomic E-state index is 12.7. The third kappa shape index (κ3) is 6.17. The molecule has 0 aromatic heterocycles. The van der Waals surface area contributed by atoms with E-state index in [4.69, 9.17) is 9.47 Å². The van der Waals surface area contributed by atoms with Gasteiger partial charge in [0.15, 0.2) is 0 Å². The van der Waals surface area contributed by atoms with Gasteiger partial charge < -0.3 is 19.7 Å². The quantitative estimate of drug-likeness (QED) is 0.706. The molecule has 0 saturated carbocycles. The van der Waals surface area contributed by atoms with Gasteiger partial charge in [0.25, 0.3) is 0 Å². The molecule has 1 aliphatic heterocycles. The van der Waals surface area contributed by atoms with Crippen molar-refractivity contribution in [3.05, 3.63) is 70.8 Å². The summed E-state index contributed by atoms with van der Waals surface area (Å²) in [6.45, 7) is 8.43. The maximum Gasteiger partial charge on any atom is 0.244 e. The summed E-state index contributed by atoms with van der Waals surface area (Å²) in [6, 6.07) is 14.3. The summed E-state index contributed by atoms with van der Waals surface area (Å²) >= 11 is 0. The van der Waals surface area contributed by atoms with Gasteiger partial charge in [-0.3, -0.25) is 4.79 Å². The Morgan fingerprint density at radius 2 is 1.83 bits per heavy atom. The number of morpholine rings is 1. The lowest BCUT2D eigenvalue weighted by molar-refractivity contribution is -0.909. The van der Waals surface area contributed by atoms with E-state index >= 15 is 0 Å². The first-order valence-corrected chi connectivity index (χ1v) is 10.2. The SMILES string of the molecule is COc1ccc(C)cc1/C=C/C(=O)N[C@@H](C[NH+]1CCOCC1)c1ccc(C)cc1. The number of aryl methyl sites for hydroxylation is 2. The first-order chi connectivity index (χ1) is 14.0. The molecule has 29 heavy (non-hydrogen) atoms. The Hall–Kier alpha value is -2.63. The predicted molar refractivity (Wildman–Crippen MR) is 115 cm³/mol. The van der Waals surface area contributed by atoms with E-state index in [9.17, 15) is 4.79 Å². The molecule has 5 heteroatoms. The van der Waals surface area contributed by atoms with Crippen molar-refractivity contribution >= 4 is 12.0 Å². The van der Waals surface area contributed by atoms with Gasteiger partial charge in [-0.25, -0.2) is 0 Å². The Balaban J connectivity index is 1.73. The highest BCUT2D eigenvalue weighted by molar-refractivity contribution is 5.92. The molecule has 3 rings (SSSR count). The van der Waals surface area contributed by atoms with Gasteiger partial charge >= 0.3 is 0 Å². The monoisotopic (exact) mass is 395 g/mol. The molecule has 5 nitrogen and oxygen atoms in total. The van der Waals surface area contributed by atoms with Crippen LogP contribution in [-0.4, -0.2) is 45.9 Å². The summed E-state index contributed by atoms with van der Waals surface area (Å²) in [5.74, 6) is 0.652. The lowest BCUT2D eigenvalue weighted by Gasteiger charge is -2.28. The predicted octanol–water partition coefficient (Wildman–Crippen LogP) is 2.10. The number of methoxy groups -OCH3 is 1. The molecule has 1 atom stereocenters. The molecule has 1 amide bonds. The fourth-order valence-electron chi connectivity index (χ4n) is 3.57. The number of nitrogens with one attached hydrogen (secondary N) is 2. The zero-order valence-electron chi connectivity index (χ0n) is 17.5. The van der Waals surface area contributed by atoms with E-state index < -0.39 is 0 Å². The minimum Gasteiger partial charge on any atom is -0.496 e. The fraction of sp³-hybridized carbons (Fsp3) is 0.375. The Labute approximate surface area is 173 Å². The van der Waals surface area contributed by atoms with Gasteiger partial charge in [-0.1, -0.05) is 41.5 Å². The average molecular weight is 396 g/mol. The molecule has 0 radical (unpaired) electrons. The molecule has 2 N–H and O–H groups in total. The molecule has 2 aromatic carbocycles. The van der Waals surface area contributed by atoms with Crippen LogP contribution in [0.2, 0.25) is 0 Å². The molecule has 1 fully saturated rings. The van der Waals surface area contributed by atoms with E-state index in [1.54, 1.807) is 13.2 Å². The molecular weight excluding hydrogens is 364 g/mol. The number of benzene rings is 2. The molecule has 0 unspecified atom stereocenters. The van der Waals surface area contributed by atoms with Crippen LogP contribution in [0, 0.1) is 13.8 Å². The van der Waals surface area contributed by atoms with E-state index in [2.05, 4.69) is 36.5 Å². The topological polar surface area (TPSA) is 52.0 Å². The van der Waals surface area contributed by atoms with Gasteiger partial charge in [-0.2, -0.15) is 0 Å². The van der Waals surface area contributed by atoms with Crippen LogP contribution in [0.1, 0.15) is 28.3 Å². The van der Waals surface area contributed by atoms with Gasteiger partial charge in [0.2, 0.25) is 5.91 Å². The summed E-state index contributed by atoms with van der Waals surface area (Å²) in [5.41, 5.74) is 4.36. The van der Waals surface area contributed by atoms with Crippen LogP contribution in [0.5, 0.6) is 5.75 Å². The Morgan fingerprint density at radius 1 is 1.14 bits per heavy atom. The first kappa shape index (κ1) is 21.1. The molecule has 0 aliphatic carbocycles. The second kappa shape index (κ2) is 10.2. The van der Waals surface area contributed by atoms with Crippen molar-refractivity contribution in [2.75, 3.05) is 40.0 Å². The molecule has 154 valence electrons. The number of rotatable bonds is 7. The minimum absolute atomic E-state index is 0.0414. The largest absolute Gasteiger partial charge is 0.496 e. The smallest absolute Gasteiger partial charge is 0.244 e. The van der Waals surface area contributed by atoms with Gasteiger partial charge in [0, 0.05) is 11.6 Å². The number of carbonyl (C=O) groups excluding carboxylic acids is 1. The van der Waals surface area contributed by atoms with E-state index in [0.29, 0.717) is 0 Å². The van der Waals surface area contributed by atoms with Gasteiger partial charge in [-0.05, 0) is 37.6 Å². The Morgan fingerprint density at radius 3 is 2.52 bits per heavy atom. The van der Waals surface area contributed by atoms with Gasteiger partial charge in [0.05, 0.1) is 20.3 Å². The zero-order chi connectivity index (χ0) is 20.6. The van der Waals surface area contributed by atoms with Crippen molar-refractivity contribution < 1.29 is 19.2 Å². The summed E-state index contributed by atoms with van der Waals surface area (Å²) in [7, 11) is 1.64. The lowest BCUT2D eigenvalue weighted by Crippen LogP contribution is -3.14. The van der Waals surface area contributed by atoms with Crippen molar-refractivity contribution in [2.24, 2.45) is 0 Å². The number of ether oxygens (including phenoxy) is 2. The first-order valence-electron chi connectivity index (χ1n) is 10.2. The number of amides is 1. The van der Waals surface area contributed by atoms with Crippen molar-refractivity contribution in [1.29, 1.82) is 0 Å². The van der Waals surface area contributed by atoms with Crippen LogP contribution in [0.3, 0.4) is 0 Å². The van der Waals surface area contributed by atoms with Crippen LogP contribution >= 0.6 is 0 Å². The number of carbonyl (C=O) groups is 1. The van der Waals surface area contributed by atoms with Crippen LogP contribution in [-0.2, 0) is 9.53 Å². The minimum atomic E-state index is -0.105. The number of hydrogen-bond acceptors (Lipinski definition) is 3. The highest BCUT2D eigenvalue weighted by Gasteiger charge is 2.22. The van der Waals surface area contributed by atoms with Crippen LogP contribution in [0.4, 0.5) is 0 Å². The average Bonchev–Trinajstić information content (AvgIpc) is 2.73. The zero-order valence-corrected chi connectivity index (χ0v) is 17.5. The fourth-order valence-corrected chi connectivity index (χ4v) is 3.57. The third-order valence-electron chi connectivity index (χ3n) is 5.29. The van der Waals surface area contributed by atoms with E-state index in [1.807, 2.05) is 31.2 Å². The van der Waals surface area contributed by atoms with Crippen molar-refractivity contribution in [3.8, 4) is 5.75 Å². The summed E-state index contributed by atoms with van der Waals surface area (Å²) < 4.78 is 10.9. The molecule has 0 bridgehead atoms. The number of quaternary nitrogens is 1. The third-order valence-corrected chi connectivity index (χ3v) is 5.29. The molecule has 1 heterocycles. The lowest BCUT2D eigenvalue weighted by atomic mass is 10.0. The van der Waals surface area contributed by atoms with E-state index in [0.717, 1.165) is 55.3 Å². The van der Waals surface area contributed by atoms with Crippen LogP contribution < -0.4 is 15.0 Å². The molecule has 0 spiro atoms. The molecule has 2 aromatic rings. The summed E-state index contributed by atoms with van der Waals surface area (Å²) in [5, 5.41) is 3.19. The van der Waals surface area contributed by atoms with Crippen LogP contribution in [0.15, 0.2) is 48.5 Å². The second-order valence-electron chi connectivity index (χ2n) is 7.62. The van der Waals surface area contributed by atoms with Crippen LogP contribution in [0.25, 0.3) is 6.08 Å². The Bertz CT molecular complexity index is 840. The van der Waals surface area contributed by atoms with E-state index in [-0.39, 0.29) is 11.9 Å². The van der Waals surface area contributed by atoms with Gasteiger partial charge in [-0.15, -0.1) is 0 Å². The standard InChI is InChI=1S/C24H30N2O3/c1-18-4-7-20(8-5-18)22(17-26-12-14-29-15-13-26)25-24(27)11-9-21-16-19(2)6-10-23(21)28-3/h4-11,16,22H,12-15,17H2,1-3H3,(H,25,27)/p+1/b11-9+/t22-/m0/s1. The normalized spacial score (nSPS) is 16.0. The van der Waals surface area contributed by atoms with Crippen molar-refractivity contribution in [1.82, 2.24) is 5.32 Å². The van der Waals surface area contributed by atoms with Gasteiger partial charge in [0.1, 0.15) is 31.4 Å². The van der Waals surface area contributed by atoms with Crippen molar-refractivity contribution in [2.45, 2.75) is 19.9 Å². The molecule has 1 aliphatic rings. The Kier molecular flexibility index (Phi) is 7.44. The molecular formula is C24H31N2O3+. The second-order valence-corrected chi connectivity index (χ2v) is 7.62. The molecule has 1 saturated heterocycles. The maximum atomic E-state index is 12.7. The number of hydrogen-bond donors (Lipinski definition) is 2. The summed E-state index contributed by atoms with van der Waals surface area (Å²) in [4.78, 5) is 14.2.